The van der Waals surface area contributed by atoms with E-state index in [1.165, 1.54) is 0 Å². The first-order valence-electron chi connectivity index (χ1n) is 8.15. The van der Waals surface area contributed by atoms with Gasteiger partial charge in [-0.15, -0.1) is 0 Å². The number of benzene rings is 1. The number of fused-ring (bicyclic) bond motifs is 2. The lowest BCUT2D eigenvalue weighted by molar-refractivity contribution is -0.120. The zero-order valence-electron chi connectivity index (χ0n) is 13.2. The van der Waals surface area contributed by atoms with Crippen molar-refractivity contribution in [3.8, 4) is 0 Å². The Morgan fingerprint density at radius 3 is 2.43 bits per heavy atom. The predicted octanol–water partition coefficient (Wildman–Crippen LogP) is 3.39. The molecule has 6 heteroatoms. The van der Waals surface area contributed by atoms with Crippen LogP contribution < -0.4 is 10.6 Å². The van der Waals surface area contributed by atoms with Crippen LogP contribution in [0.25, 0.3) is 0 Å². The van der Waals surface area contributed by atoms with Crippen LogP contribution in [0.3, 0.4) is 0 Å². The van der Waals surface area contributed by atoms with Crippen molar-refractivity contribution in [2.45, 2.75) is 57.2 Å². The highest BCUT2D eigenvalue weighted by atomic mass is 35.5. The van der Waals surface area contributed by atoms with Crippen LogP contribution in [0, 0.1) is 0 Å². The quantitative estimate of drug-likeness (QED) is 0.870. The van der Waals surface area contributed by atoms with Gasteiger partial charge in [0.15, 0.2) is 0 Å². The fraction of sp³-hybridized carbons (Fsp3) is 0.529. The topological polar surface area (TPSA) is 61.4 Å². The molecule has 0 spiro atoms. The van der Waals surface area contributed by atoms with Gasteiger partial charge < -0.3 is 15.5 Å². The number of nitrogens with one attached hydrogen (secondary N) is 2. The Morgan fingerprint density at radius 1 is 1.17 bits per heavy atom. The van der Waals surface area contributed by atoms with Crippen LogP contribution >= 0.6 is 11.6 Å². The highest BCUT2D eigenvalue weighted by Gasteiger charge is 2.41. The van der Waals surface area contributed by atoms with Crippen LogP contribution in [0.5, 0.6) is 0 Å². The minimum Gasteiger partial charge on any atom is -0.353 e. The average molecular weight is 336 g/mol. The second-order valence-corrected chi connectivity index (χ2v) is 6.83. The van der Waals surface area contributed by atoms with E-state index in [-0.39, 0.29) is 30.1 Å². The minimum absolute atomic E-state index is 0.00189. The first-order valence-corrected chi connectivity index (χ1v) is 8.53. The van der Waals surface area contributed by atoms with Crippen molar-refractivity contribution in [3.63, 3.8) is 0 Å². The van der Waals surface area contributed by atoms with E-state index in [2.05, 4.69) is 10.6 Å². The maximum atomic E-state index is 12.7. The summed E-state index contributed by atoms with van der Waals surface area (Å²) >= 11 is 6.13. The number of rotatable bonds is 2. The molecule has 23 heavy (non-hydrogen) atoms. The summed E-state index contributed by atoms with van der Waals surface area (Å²) in [6.07, 6.45) is 4.76. The number of carbonyl (C=O) groups is 2. The molecule has 3 rings (SSSR count). The van der Waals surface area contributed by atoms with Crippen molar-refractivity contribution in [1.82, 2.24) is 10.2 Å². The molecule has 1 aromatic rings. The molecule has 0 aromatic heterocycles. The van der Waals surface area contributed by atoms with Crippen molar-refractivity contribution in [1.29, 1.82) is 0 Å². The molecule has 0 radical (unpaired) electrons. The maximum Gasteiger partial charge on any atom is 0.322 e. The molecule has 2 atom stereocenters. The number of piperidine rings is 2. The third-order valence-electron chi connectivity index (χ3n) is 4.73. The summed E-state index contributed by atoms with van der Waals surface area (Å²) in [5.41, 5.74) is 0.640. The standard InChI is InChI=1S/C17H22ClN3O2/c1-11(22)19-12-9-13-5-4-6-14(10-12)21(13)17(23)20-16-8-3-2-7-15(16)18/h2-3,7-8,12-14H,4-6,9-10H2,1H3,(H,19,22)(H,20,23)/t13-,14-/m0/s1. The largest absolute Gasteiger partial charge is 0.353 e. The summed E-state index contributed by atoms with van der Waals surface area (Å²) in [5, 5.41) is 6.48. The van der Waals surface area contributed by atoms with E-state index in [0.29, 0.717) is 10.7 Å². The van der Waals surface area contributed by atoms with E-state index in [9.17, 15) is 9.59 Å². The molecule has 0 aliphatic carbocycles. The third-order valence-corrected chi connectivity index (χ3v) is 5.06. The van der Waals surface area contributed by atoms with Gasteiger partial charge in [0.25, 0.3) is 0 Å². The number of urea groups is 1. The van der Waals surface area contributed by atoms with E-state index >= 15 is 0 Å². The van der Waals surface area contributed by atoms with E-state index in [4.69, 9.17) is 11.6 Å². The second kappa shape index (κ2) is 6.79. The molecule has 2 saturated heterocycles. The molecule has 124 valence electrons. The molecular weight excluding hydrogens is 314 g/mol. The molecule has 2 aliphatic heterocycles. The Bertz CT molecular complexity index is 593. The van der Waals surface area contributed by atoms with Crippen molar-refractivity contribution in [2.24, 2.45) is 0 Å². The number of hydrogen-bond donors (Lipinski definition) is 2. The van der Waals surface area contributed by atoms with Gasteiger partial charge in [-0.05, 0) is 44.2 Å². The van der Waals surface area contributed by atoms with Crippen molar-refractivity contribution >= 4 is 29.2 Å². The average Bonchev–Trinajstić information content (AvgIpc) is 2.48. The van der Waals surface area contributed by atoms with Gasteiger partial charge in [-0.3, -0.25) is 4.79 Å². The van der Waals surface area contributed by atoms with Gasteiger partial charge in [0, 0.05) is 25.0 Å². The van der Waals surface area contributed by atoms with Crippen LogP contribution in [0.2, 0.25) is 5.02 Å². The Labute approximate surface area is 141 Å². The molecule has 2 bridgehead atoms. The van der Waals surface area contributed by atoms with Gasteiger partial charge in [0.2, 0.25) is 5.91 Å². The third kappa shape index (κ3) is 3.61. The molecule has 0 unspecified atom stereocenters. The van der Waals surface area contributed by atoms with Gasteiger partial charge >= 0.3 is 6.03 Å². The first kappa shape index (κ1) is 16.1. The lowest BCUT2D eigenvalue weighted by Crippen LogP contribution is -2.59. The molecular formula is C17H22ClN3O2. The SMILES string of the molecule is CC(=O)NC1C[C@@H]2CCC[C@@H](C1)N2C(=O)Nc1ccccc1Cl. The Hall–Kier alpha value is -1.75. The van der Waals surface area contributed by atoms with E-state index in [1.54, 1.807) is 19.1 Å². The zero-order chi connectivity index (χ0) is 16.4. The van der Waals surface area contributed by atoms with Gasteiger partial charge in [-0.25, -0.2) is 4.79 Å². The summed E-state index contributed by atoms with van der Waals surface area (Å²) in [4.78, 5) is 26.0. The van der Waals surface area contributed by atoms with Crippen LogP contribution in [-0.2, 0) is 4.79 Å². The second-order valence-electron chi connectivity index (χ2n) is 6.42. The lowest BCUT2D eigenvalue weighted by atomic mass is 9.82. The summed E-state index contributed by atoms with van der Waals surface area (Å²) in [7, 11) is 0. The van der Waals surface area contributed by atoms with Gasteiger partial charge in [-0.1, -0.05) is 23.7 Å². The number of carbonyl (C=O) groups excluding carboxylic acids is 2. The number of hydrogen-bond acceptors (Lipinski definition) is 2. The summed E-state index contributed by atoms with van der Waals surface area (Å²) in [5.74, 6) is 0.00189. The normalized spacial score (nSPS) is 26.5. The lowest BCUT2D eigenvalue weighted by Gasteiger charge is -2.48. The molecule has 1 aromatic carbocycles. The fourth-order valence-electron chi connectivity index (χ4n) is 3.86. The molecule has 2 aliphatic rings. The monoisotopic (exact) mass is 335 g/mol. The van der Waals surface area contributed by atoms with Crippen molar-refractivity contribution in [2.75, 3.05) is 5.32 Å². The molecule has 2 fully saturated rings. The highest BCUT2D eigenvalue weighted by molar-refractivity contribution is 6.33. The maximum absolute atomic E-state index is 12.7. The van der Waals surface area contributed by atoms with Crippen LogP contribution in [-0.4, -0.2) is 35.0 Å². The molecule has 5 nitrogen and oxygen atoms in total. The Balaban J connectivity index is 1.71. The van der Waals surface area contributed by atoms with E-state index in [1.807, 2.05) is 17.0 Å². The number of halogens is 1. The molecule has 2 heterocycles. The van der Waals surface area contributed by atoms with Crippen LogP contribution in [0.15, 0.2) is 24.3 Å². The van der Waals surface area contributed by atoms with Gasteiger partial charge in [0.1, 0.15) is 0 Å². The summed E-state index contributed by atoms with van der Waals surface area (Å²) < 4.78 is 0. The number of amides is 3. The number of para-hydroxylation sites is 1. The van der Waals surface area contributed by atoms with Crippen molar-refractivity contribution < 1.29 is 9.59 Å². The summed E-state index contributed by atoms with van der Waals surface area (Å²) in [6, 6.07) is 7.71. The van der Waals surface area contributed by atoms with Gasteiger partial charge in [0.05, 0.1) is 10.7 Å². The van der Waals surface area contributed by atoms with Crippen LogP contribution in [0.4, 0.5) is 10.5 Å². The van der Waals surface area contributed by atoms with Crippen molar-refractivity contribution in [3.05, 3.63) is 29.3 Å². The smallest absolute Gasteiger partial charge is 0.322 e. The van der Waals surface area contributed by atoms with E-state index < -0.39 is 0 Å². The highest BCUT2D eigenvalue weighted by Crippen LogP contribution is 2.35. The molecule has 3 amide bonds. The Morgan fingerprint density at radius 2 is 1.83 bits per heavy atom. The summed E-state index contributed by atoms with van der Waals surface area (Å²) in [6.45, 7) is 1.55. The Kier molecular flexibility index (Phi) is 4.76. The molecule has 2 N–H and O–H groups in total. The van der Waals surface area contributed by atoms with Gasteiger partial charge in [-0.2, -0.15) is 0 Å². The van der Waals surface area contributed by atoms with E-state index in [0.717, 1.165) is 32.1 Å². The number of anilines is 1. The molecule has 0 saturated carbocycles. The predicted molar refractivity (Wildman–Crippen MR) is 90.6 cm³/mol. The first-order chi connectivity index (χ1) is 11.0. The zero-order valence-corrected chi connectivity index (χ0v) is 14.0. The minimum atomic E-state index is -0.0888. The van der Waals surface area contributed by atoms with Crippen LogP contribution in [0.1, 0.15) is 39.0 Å². The number of nitrogens with zero attached hydrogens (tertiary/aromatic N) is 1. The fourth-order valence-corrected chi connectivity index (χ4v) is 4.04.